The van der Waals surface area contributed by atoms with E-state index in [1.165, 1.54) is 18.4 Å². The van der Waals surface area contributed by atoms with Crippen molar-refractivity contribution in [2.45, 2.75) is 0 Å². The fourth-order valence-corrected chi connectivity index (χ4v) is 1.61. The lowest BCUT2D eigenvalue weighted by molar-refractivity contribution is 0.0960. The maximum Gasteiger partial charge on any atom is 0.265 e. The highest BCUT2D eigenvalue weighted by Crippen LogP contribution is 2.23. The van der Waals surface area contributed by atoms with E-state index in [1.807, 2.05) is 0 Å². The minimum absolute atomic E-state index is 0.190. The van der Waals surface area contributed by atoms with Crippen LogP contribution in [0.15, 0.2) is 11.4 Å². The van der Waals surface area contributed by atoms with Crippen LogP contribution in [-0.4, -0.2) is 19.6 Å². The first-order valence-corrected chi connectivity index (χ1v) is 4.50. The highest BCUT2D eigenvalue weighted by Gasteiger charge is 2.12. The molecule has 0 radical (unpaired) electrons. The largest absolute Gasteiger partial charge is 0.495 e. The van der Waals surface area contributed by atoms with Gasteiger partial charge in [-0.25, -0.2) is 0 Å². The van der Waals surface area contributed by atoms with Crippen LogP contribution in [0.3, 0.4) is 0 Å². The van der Waals surface area contributed by atoms with Crippen molar-refractivity contribution in [2.75, 3.05) is 13.7 Å². The van der Waals surface area contributed by atoms with Crippen LogP contribution in [0.25, 0.3) is 0 Å². The van der Waals surface area contributed by atoms with Crippen LogP contribution in [0.5, 0.6) is 5.75 Å². The maximum absolute atomic E-state index is 11.4. The zero-order valence-corrected chi connectivity index (χ0v) is 7.98. The van der Waals surface area contributed by atoms with Gasteiger partial charge in [-0.2, -0.15) is 0 Å². The average molecular weight is 195 g/mol. The highest BCUT2D eigenvalue weighted by molar-refractivity contribution is 7.12. The number of nitrogens with one attached hydrogen (secondary N) is 1. The third-order valence-electron chi connectivity index (χ3n) is 1.41. The number of hydrogen-bond donors (Lipinski definition) is 1. The molecule has 0 aliphatic carbocycles. The second kappa shape index (κ2) is 4.53. The number of thiophene rings is 1. The molecule has 1 rings (SSSR count). The van der Waals surface area contributed by atoms with Crippen molar-refractivity contribution in [3.05, 3.63) is 16.3 Å². The Morgan fingerprint density at radius 1 is 1.85 bits per heavy atom. The lowest BCUT2D eigenvalue weighted by Crippen LogP contribution is -2.22. The predicted molar refractivity (Wildman–Crippen MR) is 52.0 cm³/mol. The first kappa shape index (κ1) is 9.62. The van der Waals surface area contributed by atoms with Crippen LogP contribution in [0.2, 0.25) is 0 Å². The fourth-order valence-electron chi connectivity index (χ4n) is 0.835. The SMILES string of the molecule is C#CCNC(=O)c1sccc1OC. The molecule has 0 saturated heterocycles. The molecule has 0 bridgehead atoms. The molecule has 13 heavy (non-hydrogen) atoms. The molecule has 1 heterocycles. The molecular weight excluding hydrogens is 186 g/mol. The fraction of sp³-hybridized carbons (Fsp3) is 0.222. The molecule has 4 heteroatoms. The molecule has 1 amide bonds. The van der Waals surface area contributed by atoms with Gasteiger partial charge < -0.3 is 10.1 Å². The standard InChI is InChI=1S/C9H9NO2S/c1-3-5-10-9(11)8-7(12-2)4-6-13-8/h1,4,6H,5H2,2H3,(H,10,11). The van der Waals surface area contributed by atoms with E-state index < -0.39 is 0 Å². The van der Waals surface area contributed by atoms with Crippen LogP contribution in [0.4, 0.5) is 0 Å². The summed E-state index contributed by atoms with van der Waals surface area (Å²) < 4.78 is 4.98. The number of carbonyl (C=O) groups excluding carboxylic acids is 1. The van der Waals surface area contributed by atoms with Gasteiger partial charge in [0, 0.05) is 0 Å². The third kappa shape index (κ3) is 2.23. The molecule has 0 fully saturated rings. The Kier molecular flexibility index (Phi) is 3.35. The summed E-state index contributed by atoms with van der Waals surface area (Å²) in [7, 11) is 1.53. The predicted octanol–water partition coefficient (Wildman–Crippen LogP) is 1.12. The van der Waals surface area contributed by atoms with E-state index in [4.69, 9.17) is 11.2 Å². The Hall–Kier alpha value is -1.47. The van der Waals surface area contributed by atoms with E-state index in [-0.39, 0.29) is 12.5 Å². The van der Waals surface area contributed by atoms with Crippen molar-refractivity contribution in [2.24, 2.45) is 0 Å². The van der Waals surface area contributed by atoms with Gasteiger partial charge in [-0.3, -0.25) is 4.79 Å². The summed E-state index contributed by atoms with van der Waals surface area (Å²) in [5.41, 5.74) is 0. The molecule has 0 atom stereocenters. The van der Waals surface area contributed by atoms with E-state index in [1.54, 1.807) is 11.4 Å². The molecule has 3 nitrogen and oxygen atoms in total. The molecule has 0 aliphatic rings. The van der Waals surface area contributed by atoms with Crippen LogP contribution >= 0.6 is 11.3 Å². The molecule has 0 unspecified atom stereocenters. The summed E-state index contributed by atoms with van der Waals surface area (Å²) >= 11 is 1.33. The summed E-state index contributed by atoms with van der Waals surface area (Å²) in [6.07, 6.45) is 5.01. The van der Waals surface area contributed by atoms with E-state index in [9.17, 15) is 4.79 Å². The van der Waals surface area contributed by atoms with Gasteiger partial charge in [0.25, 0.3) is 5.91 Å². The molecule has 1 aromatic rings. The Morgan fingerprint density at radius 3 is 3.23 bits per heavy atom. The molecule has 0 aliphatic heterocycles. The van der Waals surface area contributed by atoms with Crippen LogP contribution < -0.4 is 10.1 Å². The van der Waals surface area contributed by atoms with Gasteiger partial charge in [-0.1, -0.05) is 5.92 Å². The molecule has 1 aromatic heterocycles. The van der Waals surface area contributed by atoms with Crippen LogP contribution in [-0.2, 0) is 0 Å². The number of ether oxygens (including phenoxy) is 1. The number of hydrogen-bond acceptors (Lipinski definition) is 3. The van der Waals surface area contributed by atoms with Crippen LogP contribution in [0.1, 0.15) is 9.67 Å². The third-order valence-corrected chi connectivity index (χ3v) is 2.30. The van der Waals surface area contributed by atoms with E-state index in [2.05, 4.69) is 11.2 Å². The van der Waals surface area contributed by atoms with Gasteiger partial charge in [0.15, 0.2) is 0 Å². The van der Waals surface area contributed by atoms with Crippen molar-refractivity contribution in [1.29, 1.82) is 0 Å². The summed E-state index contributed by atoms with van der Waals surface area (Å²) in [6.45, 7) is 0.236. The van der Waals surface area contributed by atoms with Crippen LogP contribution in [0, 0.1) is 12.3 Å². The highest BCUT2D eigenvalue weighted by atomic mass is 32.1. The lowest BCUT2D eigenvalue weighted by atomic mass is 10.4. The van der Waals surface area contributed by atoms with Gasteiger partial charge in [0.05, 0.1) is 13.7 Å². The Balaban J connectivity index is 2.71. The zero-order valence-electron chi connectivity index (χ0n) is 7.16. The molecule has 68 valence electrons. The summed E-state index contributed by atoms with van der Waals surface area (Å²) in [5, 5.41) is 4.36. The molecule has 0 saturated carbocycles. The first-order valence-electron chi connectivity index (χ1n) is 3.62. The monoisotopic (exact) mass is 195 g/mol. The van der Waals surface area contributed by atoms with Gasteiger partial charge in [-0.05, 0) is 11.4 Å². The van der Waals surface area contributed by atoms with Gasteiger partial charge in [-0.15, -0.1) is 17.8 Å². The van der Waals surface area contributed by atoms with Crippen molar-refractivity contribution >= 4 is 17.2 Å². The van der Waals surface area contributed by atoms with E-state index in [0.717, 1.165) is 0 Å². The smallest absolute Gasteiger partial charge is 0.265 e. The van der Waals surface area contributed by atoms with Crippen molar-refractivity contribution in [3.8, 4) is 18.1 Å². The molecular formula is C9H9NO2S. The maximum atomic E-state index is 11.4. The molecule has 0 spiro atoms. The Labute approximate surface area is 80.7 Å². The second-order valence-corrected chi connectivity index (χ2v) is 3.12. The number of rotatable bonds is 3. The number of terminal acetylenes is 1. The second-order valence-electron chi connectivity index (χ2n) is 2.20. The van der Waals surface area contributed by atoms with E-state index in [0.29, 0.717) is 10.6 Å². The van der Waals surface area contributed by atoms with Crippen molar-refractivity contribution in [1.82, 2.24) is 5.32 Å². The van der Waals surface area contributed by atoms with Crippen molar-refractivity contribution < 1.29 is 9.53 Å². The van der Waals surface area contributed by atoms with Gasteiger partial charge >= 0.3 is 0 Å². The normalized spacial score (nSPS) is 8.92. The molecule has 1 N–H and O–H groups in total. The Morgan fingerprint density at radius 2 is 2.62 bits per heavy atom. The van der Waals surface area contributed by atoms with Gasteiger partial charge in [0.1, 0.15) is 10.6 Å². The summed E-state index contributed by atoms with van der Waals surface area (Å²) in [6, 6.07) is 1.75. The minimum Gasteiger partial charge on any atom is -0.495 e. The summed E-state index contributed by atoms with van der Waals surface area (Å²) in [5.74, 6) is 2.72. The lowest BCUT2D eigenvalue weighted by Gasteiger charge is -2.01. The zero-order chi connectivity index (χ0) is 9.68. The summed E-state index contributed by atoms with van der Waals surface area (Å²) in [4.78, 5) is 11.9. The molecule has 0 aromatic carbocycles. The van der Waals surface area contributed by atoms with Gasteiger partial charge in [0.2, 0.25) is 0 Å². The Bertz CT molecular complexity index is 338. The van der Waals surface area contributed by atoms with E-state index >= 15 is 0 Å². The minimum atomic E-state index is -0.190. The average Bonchev–Trinajstić information content (AvgIpc) is 2.61. The topological polar surface area (TPSA) is 38.3 Å². The quantitative estimate of drug-likeness (QED) is 0.734. The number of methoxy groups -OCH3 is 1. The number of carbonyl (C=O) groups is 1. The van der Waals surface area contributed by atoms with Crippen molar-refractivity contribution in [3.63, 3.8) is 0 Å². The number of amides is 1. The first-order chi connectivity index (χ1) is 6.29.